The monoisotopic (exact) mass is 191 g/mol. The summed E-state index contributed by atoms with van der Waals surface area (Å²) >= 11 is 0. The first-order valence-electron chi connectivity index (χ1n) is 5.45. The Morgan fingerprint density at radius 1 is 1.29 bits per heavy atom. The van der Waals surface area contributed by atoms with Gasteiger partial charge in [-0.05, 0) is 38.0 Å². The van der Waals surface area contributed by atoms with E-state index < -0.39 is 0 Å². The zero-order chi connectivity index (χ0) is 9.87. The van der Waals surface area contributed by atoms with Gasteiger partial charge in [0.25, 0.3) is 0 Å². The van der Waals surface area contributed by atoms with Crippen LogP contribution in [0.25, 0.3) is 0 Å². The van der Waals surface area contributed by atoms with Crippen LogP contribution in [0, 0.1) is 18.8 Å². The number of nitrogen functional groups attached to an aromatic ring is 1. The Labute approximate surface area is 84.3 Å². The molecule has 14 heavy (non-hydrogen) atoms. The smallest absolute Gasteiger partial charge is 0.124 e. The van der Waals surface area contributed by atoms with E-state index in [0.717, 1.165) is 17.7 Å². The molecule has 0 bridgehead atoms. The molecule has 2 N–H and O–H groups in total. The van der Waals surface area contributed by atoms with Crippen molar-refractivity contribution in [3.05, 3.63) is 11.3 Å². The first-order valence-corrected chi connectivity index (χ1v) is 5.45. The van der Waals surface area contributed by atoms with Gasteiger partial charge in [0, 0.05) is 18.5 Å². The zero-order valence-electron chi connectivity index (χ0n) is 8.83. The van der Waals surface area contributed by atoms with E-state index in [9.17, 15) is 0 Å². The van der Waals surface area contributed by atoms with Gasteiger partial charge < -0.3 is 5.73 Å². The molecule has 0 amide bonds. The number of hydrogen-bond acceptors (Lipinski definition) is 2. The van der Waals surface area contributed by atoms with E-state index in [1.807, 2.05) is 11.7 Å². The topological polar surface area (TPSA) is 43.8 Å². The molecule has 3 rings (SSSR count). The molecule has 3 heteroatoms. The normalized spacial score (nSPS) is 34.6. The number of aromatic nitrogens is 2. The fraction of sp³-hybridized carbons (Fsp3) is 0.727. The molecule has 1 heterocycles. The van der Waals surface area contributed by atoms with Crippen LogP contribution in [0.3, 0.4) is 0 Å². The van der Waals surface area contributed by atoms with Crippen LogP contribution in [-0.2, 0) is 7.05 Å². The lowest BCUT2D eigenvalue weighted by Gasteiger charge is -2.08. The van der Waals surface area contributed by atoms with Gasteiger partial charge in [-0.25, -0.2) is 0 Å². The van der Waals surface area contributed by atoms with Gasteiger partial charge >= 0.3 is 0 Å². The van der Waals surface area contributed by atoms with Crippen molar-refractivity contribution in [2.24, 2.45) is 18.9 Å². The largest absolute Gasteiger partial charge is 0.384 e. The maximum absolute atomic E-state index is 5.92. The summed E-state index contributed by atoms with van der Waals surface area (Å²) in [6, 6.07) is 0. The molecule has 1 aromatic heterocycles. The molecule has 2 saturated carbocycles. The summed E-state index contributed by atoms with van der Waals surface area (Å²) < 4.78 is 1.81. The second kappa shape index (κ2) is 2.53. The van der Waals surface area contributed by atoms with E-state index in [2.05, 4.69) is 12.0 Å². The highest BCUT2D eigenvalue weighted by molar-refractivity contribution is 5.43. The molecule has 76 valence electrons. The first-order chi connectivity index (χ1) is 6.66. The van der Waals surface area contributed by atoms with Crippen molar-refractivity contribution in [3.63, 3.8) is 0 Å². The molecule has 0 aromatic carbocycles. The number of nitrogens with zero attached hydrogens (tertiary/aromatic N) is 2. The predicted molar refractivity (Wildman–Crippen MR) is 55.9 cm³/mol. The average molecular weight is 191 g/mol. The summed E-state index contributed by atoms with van der Waals surface area (Å²) in [6.45, 7) is 2.10. The third kappa shape index (κ3) is 1.01. The van der Waals surface area contributed by atoms with Gasteiger partial charge in [-0.1, -0.05) is 0 Å². The summed E-state index contributed by atoms with van der Waals surface area (Å²) in [7, 11) is 1.93. The van der Waals surface area contributed by atoms with Crippen LogP contribution < -0.4 is 5.73 Å². The highest BCUT2D eigenvalue weighted by atomic mass is 15.3. The third-order valence-corrected chi connectivity index (χ3v) is 4.01. The molecule has 2 aliphatic rings. The van der Waals surface area contributed by atoms with Crippen molar-refractivity contribution in [2.45, 2.75) is 32.1 Å². The summed E-state index contributed by atoms with van der Waals surface area (Å²) in [5.74, 6) is 3.56. The van der Waals surface area contributed by atoms with Crippen molar-refractivity contribution in [1.29, 1.82) is 0 Å². The standard InChI is InChI=1S/C11H17N3/c1-6-10(13-14(2)11(6)12)9-4-7-3-8(7)5-9/h7-9H,3-5,12H2,1-2H3/t7-,8+,9?. The van der Waals surface area contributed by atoms with E-state index in [-0.39, 0.29) is 0 Å². The zero-order valence-corrected chi connectivity index (χ0v) is 8.83. The Balaban J connectivity index is 1.92. The Hall–Kier alpha value is -0.990. The number of fused-ring (bicyclic) bond motifs is 1. The maximum atomic E-state index is 5.92. The van der Waals surface area contributed by atoms with E-state index >= 15 is 0 Å². The van der Waals surface area contributed by atoms with E-state index in [4.69, 9.17) is 5.73 Å². The van der Waals surface area contributed by atoms with Crippen LogP contribution in [0.5, 0.6) is 0 Å². The minimum Gasteiger partial charge on any atom is -0.384 e. The van der Waals surface area contributed by atoms with Gasteiger partial charge in [0.2, 0.25) is 0 Å². The molecule has 0 aliphatic heterocycles. The lowest BCUT2D eigenvalue weighted by molar-refractivity contribution is 0.591. The molecule has 0 saturated heterocycles. The highest BCUT2D eigenvalue weighted by Crippen LogP contribution is 2.57. The Kier molecular flexibility index (Phi) is 1.50. The van der Waals surface area contributed by atoms with Crippen LogP contribution in [0.4, 0.5) is 5.82 Å². The molecule has 2 aliphatic carbocycles. The van der Waals surface area contributed by atoms with Gasteiger partial charge in [-0.15, -0.1) is 0 Å². The lowest BCUT2D eigenvalue weighted by Crippen LogP contribution is -2.00. The van der Waals surface area contributed by atoms with Crippen molar-refractivity contribution in [3.8, 4) is 0 Å². The summed E-state index contributed by atoms with van der Waals surface area (Å²) in [4.78, 5) is 0. The van der Waals surface area contributed by atoms with E-state index in [1.54, 1.807) is 0 Å². The van der Waals surface area contributed by atoms with Gasteiger partial charge in [0.05, 0.1) is 5.69 Å². The Bertz CT molecular complexity index is 370. The highest BCUT2D eigenvalue weighted by Gasteiger charge is 2.47. The molecular formula is C11H17N3. The van der Waals surface area contributed by atoms with Crippen LogP contribution in [-0.4, -0.2) is 9.78 Å². The fourth-order valence-corrected chi connectivity index (χ4v) is 2.99. The molecule has 3 atom stereocenters. The molecule has 1 unspecified atom stereocenters. The number of nitrogens with two attached hydrogens (primary N) is 1. The minimum atomic E-state index is 0.697. The summed E-state index contributed by atoms with van der Waals surface area (Å²) in [5, 5.41) is 4.54. The number of hydrogen-bond donors (Lipinski definition) is 1. The van der Waals surface area contributed by atoms with Gasteiger partial charge in [-0.3, -0.25) is 4.68 Å². The summed E-state index contributed by atoms with van der Waals surface area (Å²) in [6.07, 6.45) is 4.17. The maximum Gasteiger partial charge on any atom is 0.124 e. The predicted octanol–water partition coefficient (Wildman–Crippen LogP) is 1.82. The third-order valence-electron chi connectivity index (χ3n) is 4.01. The van der Waals surface area contributed by atoms with Gasteiger partial charge in [0.1, 0.15) is 5.82 Å². The van der Waals surface area contributed by atoms with Crippen LogP contribution in [0.2, 0.25) is 0 Å². The molecule has 0 radical (unpaired) electrons. The average Bonchev–Trinajstić information content (AvgIpc) is 2.70. The molecule has 3 nitrogen and oxygen atoms in total. The molecular weight excluding hydrogens is 174 g/mol. The lowest BCUT2D eigenvalue weighted by atomic mass is 9.97. The molecule has 2 fully saturated rings. The molecule has 0 spiro atoms. The van der Waals surface area contributed by atoms with E-state index in [0.29, 0.717) is 5.92 Å². The fourth-order valence-electron chi connectivity index (χ4n) is 2.99. The van der Waals surface area contributed by atoms with Gasteiger partial charge in [0.15, 0.2) is 0 Å². The SMILES string of the molecule is Cc1c(C2C[C@@H]3C[C@@H]3C2)nn(C)c1N. The van der Waals surface area contributed by atoms with Crippen LogP contribution in [0.1, 0.15) is 36.4 Å². The summed E-state index contributed by atoms with van der Waals surface area (Å²) in [5.41, 5.74) is 8.39. The Morgan fingerprint density at radius 3 is 2.43 bits per heavy atom. The number of rotatable bonds is 1. The Morgan fingerprint density at radius 2 is 1.93 bits per heavy atom. The second-order valence-electron chi connectivity index (χ2n) is 4.94. The van der Waals surface area contributed by atoms with Crippen molar-refractivity contribution in [2.75, 3.05) is 5.73 Å². The first kappa shape index (κ1) is 8.33. The van der Waals surface area contributed by atoms with Crippen LogP contribution >= 0.6 is 0 Å². The quantitative estimate of drug-likeness (QED) is 0.736. The van der Waals surface area contributed by atoms with Crippen molar-refractivity contribution in [1.82, 2.24) is 9.78 Å². The number of aryl methyl sites for hydroxylation is 1. The van der Waals surface area contributed by atoms with Gasteiger partial charge in [-0.2, -0.15) is 5.10 Å². The second-order valence-corrected chi connectivity index (χ2v) is 4.94. The number of anilines is 1. The van der Waals surface area contributed by atoms with Crippen LogP contribution in [0.15, 0.2) is 0 Å². The minimum absolute atomic E-state index is 0.697. The van der Waals surface area contributed by atoms with Crippen molar-refractivity contribution >= 4 is 5.82 Å². The van der Waals surface area contributed by atoms with Crippen molar-refractivity contribution < 1.29 is 0 Å². The van der Waals surface area contributed by atoms with E-state index in [1.165, 1.54) is 30.5 Å². The molecule has 1 aromatic rings.